The first-order chi connectivity index (χ1) is 12.5. The second-order valence-electron chi connectivity index (χ2n) is 5.87. The Hall–Kier alpha value is -2.95. The zero-order valence-electron chi connectivity index (χ0n) is 14.0. The number of anilines is 2. The first-order valence-corrected chi connectivity index (χ1v) is 8.33. The number of nitrogens with one attached hydrogen (secondary N) is 2. The molecule has 0 fully saturated rings. The smallest absolute Gasteiger partial charge is 0.229 e. The molecule has 0 spiro atoms. The van der Waals surface area contributed by atoms with Crippen molar-refractivity contribution in [3.8, 4) is 6.07 Å². The van der Waals surface area contributed by atoms with Crippen LogP contribution in [0.25, 0.3) is 0 Å². The minimum Gasteiger partial charge on any atom is -0.394 e. The predicted octanol–water partition coefficient (Wildman–Crippen LogP) is 2.15. The molecule has 0 aliphatic carbocycles. The number of carbonyl (C=O) groups excluding carboxylic acids is 1. The van der Waals surface area contributed by atoms with E-state index >= 15 is 0 Å². The highest BCUT2D eigenvalue weighted by Gasteiger charge is 2.22. The Labute approximate surface area is 155 Å². The average Bonchev–Trinajstić information content (AvgIpc) is 2.62. The molecular weight excluding hydrogens is 354 g/mol. The van der Waals surface area contributed by atoms with Gasteiger partial charge in [0.15, 0.2) is 0 Å². The molecule has 1 amide bonds. The molecule has 132 valence electrons. The molecule has 8 heteroatoms. The topological polar surface area (TPSA) is 110 Å². The summed E-state index contributed by atoms with van der Waals surface area (Å²) in [4.78, 5) is 20.1. The Balaban J connectivity index is 1.99. The molecule has 0 saturated carbocycles. The molecule has 7 nitrogen and oxygen atoms in total. The first-order valence-electron chi connectivity index (χ1n) is 7.95. The maximum absolute atomic E-state index is 11.9. The van der Waals surface area contributed by atoms with E-state index in [1.807, 2.05) is 24.3 Å². The Bertz CT molecular complexity index is 936. The largest absolute Gasteiger partial charge is 0.394 e. The third-order valence-corrected chi connectivity index (χ3v) is 4.17. The molecule has 2 heterocycles. The van der Waals surface area contributed by atoms with Crippen LogP contribution in [0.4, 0.5) is 11.4 Å². The number of pyridine rings is 1. The van der Waals surface area contributed by atoms with Gasteiger partial charge in [0.1, 0.15) is 22.6 Å². The molecule has 3 rings (SSSR count). The van der Waals surface area contributed by atoms with E-state index in [1.54, 1.807) is 13.0 Å². The number of rotatable bonds is 4. The van der Waals surface area contributed by atoms with Gasteiger partial charge in [-0.1, -0.05) is 17.7 Å². The molecule has 1 aliphatic rings. The zero-order chi connectivity index (χ0) is 18.7. The van der Waals surface area contributed by atoms with Gasteiger partial charge in [-0.3, -0.25) is 9.79 Å². The average molecular weight is 370 g/mol. The summed E-state index contributed by atoms with van der Waals surface area (Å²) in [6.45, 7) is 1.64. The predicted molar refractivity (Wildman–Crippen MR) is 98.6 cm³/mol. The number of aliphatic imine (C=N–C) groups is 1. The van der Waals surface area contributed by atoms with Crippen LogP contribution in [-0.4, -0.2) is 34.5 Å². The molecule has 0 bridgehead atoms. The highest BCUT2D eigenvalue weighted by Crippen LogP contribution is 2.27. The zero-order valence-corrected chi connectivity index (χ0v) is 14.7. The van der Waals surface area contributed by atoms with Gasteiger partial charge in [-0.05, 0) is 30.7 Å². The van der Waals surface area contributed by atoms with Crippen LogP contribution in [0.5, 0.6) is 0 Å². The van der Waals surface area contributed by atoms with Crippen LogP contribution in [0, 0.1) is 11.3 Å². The van der Waals surface area contributed by atoms with Gasteiger partial charge in [-0.2, -0.15) is 5.26 Å². The minimum absolute atomic E-state index is 0.117. The molecule has 1 unspecified atom stereocenters. The SMILES string of the molecule is CC(CO)N=C1NC(=O)Cc2ccc(Nc3ccnc(Cl)c3C#N)cc21. The number of nitriles is 1. The van der Waals surface area contributed by atoms with Gasteiger partial charge in [0.2, 0.25) is 5.91 Å². The van der Waals surface area contributed by atoms with E-state index in [1.165, 1.54) is 6.20 Å². The van der Waals surface area contributed by atoms with Gasteiger partial charge in [0.05, 0.1) is 24.8 Å². The standard InChI is InChI=1S/C18H16ClN5O2/c1-10(9-25)22-18-13-7-12(3-2-11(13)6-16(26)24-18)23-15-4-5-21-17(19)14(15)8-20/h2-5,7,10,25H,6,9H2,1H3,(H,21,23)(H,22,24,26). The number of aliphatic hydroxyl groups excluding tert-OH is 1. The highest BCUT2D eigenvalue weighted by molar-refractivity contribution is 6.31. The van der Waals surface area contributed by atoms with Crippen LogP contribution in [0.2, 0.25) is 5.15 Å². The fourth-order valence-electron chi connectivity index (χ4n) is 2.61. The van der Waals surface area contributed by atoms with Gasteiger partial charge in [-0.15, -0.1) is 0 Å². The lowest BCUT2D eigenvalue weighted by molar-refractivity contribution is -0.119. The Morgan fingerprint density at radius 2 is 2.31 bits per heavy atom. The number of nitrogens with zero attached hydrogens (tertiary/aromatic N) is 3. The normalized spacial score (nSPS) is 15.8. The van der Waals surface area contributed by atoms with E-state index in [0.717, 1.165) is 11.1 Å². The second kappa shape index (κ2) is 7.52. The third kappa shape index (κ3) is 3.67. The number of amides is 1. The van der Waals surface area contributed by atoms with Crippen molar-refractivity contribution in [2.24, 2.45) is 4.99 Å². The van der Waals surface area contributed by atoms with E-state index in [0.29, 0.717) is 17.2 Å². The van der Waals surface area contributed by atoms with E-state index < -0.39 is 0 Å². The van der Waals surface area contributed by atoms with Crippen molar-refractivity contribution in [3.63, 3.8) is 0 Å². The Morgan fingerprint density at radius 1 is 1.50 bits per heavy atom. The summed E-state index contributed by atoms with van der Waals surface area (Å²) in [6, 6.07) is 8.85. The van der Waals surface area contributed by atoms with Crippen molar-refractivity contribution < 1.29 is 9.90 Å². The van der Waals surface area contributed by atoms with E-state index in [9.17, 15) is 15.2 Å². The maximum atomic E-state index is 11.9. The molecule has 3 N–H and O–H groups in total. The molecule has 1 aromatic heterocycles. The maximum Gasteiger partial charge on any atom is 0.229 e. The number of hydrogen-bond donors (Lipinski definition) is 3. The van der Waals surface area contributed by atoms with Crippen LogP contribution in [0.15, 0.2) is 35.5 Å². The van der Waals surface area contributed by atoms with Crippen molar-refractivity contribution in [3.05, 3.63) is 52.3 Å². The molecule has 1 aliphatic heterocycles. The fourth-order valence-corrected chi connectivity index (χ4v) is 2.81. The number of hydrogen-bond acceptors (Lipinski definition) is 6. The molecule has 1 atom stereocenters. The van der Waals surface area contributed by atoms with Crippen molar-refractivity contribution >= 4 is 34.7 Å². The van der Waals surface area contributed by atoms with Crippen molar-refractivity contribution in [1.82, 2.24) is 10.3 Å². The van der Waals surface area contributed by atoms with Crippen LogP contribution in [-0.2, 0) is 11.2 Å². The summed E-state index contributed by atoms with van der Waals surface area (Å²) in [7, 11) is 0. The first kappa shape index (κ1) is 17.9. The monoisotopic (exact) mass is 369 g/mol. The summed E-state index contributed by atoms with van der Waals surface area (Å²) in [5.74, 6) is 0.282. The summed E-state index contributed by atoms with van der Waals surface area (Å²) in [5, 5.41) is 24.5. The van der Waals surface area contributed by atoms with E-state index in [4.69, 9.17) is 11.6 Å². The Morgan fingerprint density at radius 3 is 3.04 bits per heavy atom. The lowest BCUT2D eigenvalue weighted by Gasteiger charge is -2.21. The lowest BCUT2D eigenvalue weighted by atomic mass is 9.98. The number of aromatic nitrogens is 1. The van der Waals surface area contributed by atoms with Gasteiger partial charge in [-0.25, -0.2) is 4.98 Å². The summed E-state index contributed by atoms with van der Waals surface area (Å²) in [6.07, 6.45) is 1.77. The van der Waals surface area contributed by atoms with Gasteiger partial charge in [0.25, 0.3) is 0 Å². The van der Waals surface area contributed by atoms with Crippen LogP contribution < -0.4 is 10.6 Å². The number of halogens is 1. The van der Waals surface area contributed by atoms with Crippen molar-refractivity contribution in [1.29, 1.82) is 5.26 Å². The number of amidine groups is 1. The molecule has 0 radical (unpaired) electrons. The summed E-state index contributed by atoms with van der Waals surface area (Å²) in [5.41, 5.74) is 3.12. The minimum atomic E-state index is -0.336. The third-order valence-electron chi connectivity index (χ3n) is 3.88. The number of carbonyl (C=O) groups is 1. The quantitative estimate of drug-likeness (QED) is 0.715. The van der Waals surface area contributed by atoms with Crippen LogP contribution >= 0.6 is 11.6 Å². The Kier molecular flexibility index (Phi) is 5.16. The van der Waals surface area contributed by atoms with Crippen LogP contribution in [0.1, 0.15) is 23.6 Å². The number of fused-ring (bicyclic) bond motifs is 1. The summed E-state index contributed by atoms with van der Waals surface area (Å²) >= 11 is 5.96. The summed E-state index contributed by atoms with van der Waals surface area (Å²) < 4.78 is 0. The molecular formula is C18H16ClN5O2. The molecule has 1 aromatic carbocycles. The highest BCUT2D eigenvalue weighted by atomic mass is 35.5. The number of benzene rings is 1. The fraction of sp³-hybridized carbons (Fsp3) is 0.222. The molecule has 0 saturated heterocycles. The van der Waals surface area contributed by atoms with Crippen molar-refractivity contribution in [2.75, 3.05) is 11.9 Å². The molecule has 26 heavy (non-hydrogen) atoms. The van der Waals surface area contributed by atoms with Crippen molar-refractivity contribution in [2.45, 2.75) is 19.4 Å². The van der Waals surface area contributed by atoms with Gasteiger partial charge >= 0.3 is 0 Å². The second-order valence-corrected chi connectivity index (χ2v) is 6.23. The van der Waals surface area contributed by atoms with Gasteiger partial charge in [0, 0.05) is 17.4 Å². The van der Waals surface area contributed by atoms with Crippen LogP contribution in [0.3, 0.4) is 0 Å². The van der Waals surface area contributed by atoms with E-state index in [-0.39, 0.29) is 35.7 Å². The molecule has 2 aromatic rings. The van der Waals surface area contributed by atoms with Gasteiger partial charge < -0.3 is 15.7 Å². The lowest BCUT2D eigenvalue weighted by Crippen LogP contribution is -2.38. The number of aliphatic hydroxyl groups is 1. The van der Waals surface area contributed by atoms with E-state index in [2.05, 4.69) is 20.6 Å².